The molecule has 23 heavy (non-hydrogen) atoms. The maximum absolute atomic E-state index is 11.5. The molecule has 0 aliphatic rings. The normalized spacial score (nSPS) is 11.0. The Balaban J connectivity index is 2.04. The molecule has 118 valence electrons. The van der Waals surface area contributed by atoms with Crippen LogP contribution >= 0.6 is 11.6 Å². The molecule has 1 aromatic heterocycles. The Kier molecular flexibility index (Phi) is 4.09. The van der Waals surface area contributed by atoms with E-state index in [1.54, 1.807) is 0 Å². The lowest BCUT2D eigenvalue weighted by Crippen LogP contribution is -2.13. The molecule has 4 nitrogen and oxygen atoms in total. The summed E-state index contributed by atoms with van der Waals surface area (Å²) < 4.78 is 5.87. The van der Waals surface area contributed by atoms with E-state index in [0.29, 0.717) is 11.6 Å². The van der Waals surface area contributed by atoms with E-state index in [-0.39, 0.29) is 11.8 Å². The second-order valence-corrected chi connectivity index (χ2v) is 5.90. The van der Waals surface area contributed by atoms with Crippen molar-refractivity contribution in [2.45, 2.75) is 20.8 Å². The highest BCUT2D eigenvalue weighted by atomic mass is 35.5. The van der Waals surface area contributed by atoms with Crippen LogP contribution in [-0.4, -0.2) is 16.8 Å². The predicted octanol–water partition coefficient (Wildman–Crippen LogP) is 4.60. The van der Waals surface area contributed by atoms with Crippen LogP contribution in [0, 0.1) is 20.8 Å². The lowest BCUT2D eigenvalue weighted by atomic mass is 10.1. The number of aryl methyl sites for hydroxylation is 3. The summed E-state index contributed by atoms with van der Waals surface area (Å²) in [6.07, 6.45) is 0. The molecule has 0 saturated carbocycles. The van der Waals surface area contributed by atoms with Crippen LogP contribution in [0.25, 0.3) is 22.6 Å². The first-order valence-corrected chi connectivity index (χ1v) is 7.86. The van der Waals surface area contributed by atoms with Crippen molar-refractivity contribution in [1.29, 1.82) is 0 Å². The lowest BCUT2D eigenvalue weighted by Gasteiger charge is -2.08. The van der Waals surface area contributed by atoms with Crippen molar-refractivity contribution in [1.82, 2.24) is 4.98 Å². The van der Waals surface area contributed by atoms with E-state index in [4.69, 9.17) is 16.0 Å². The number of alkyl halides is 1. The fourth-order valence-electron chi connectivity index (χ4n) is 2.38. The van der Waals surface area contributed by atoms with E-state index in [1.807, 2.05) is 44.2 Å². The summed E-state index contributed by atoms with van der Waals surface area (Å²) in [6, 6.07) is 9.71. The van der Waals surface area contributed by atoms with E-state index in [1.165, 1.54) is 11.1 Å². The third-order valence-corrected chi connectivity index (χ3v) is 4.13. The molecule has 3 rings (SSSR count). The van der Waals surface area contributed by atoms with Crippen LogP contribution in [0.2, 0.25) is 0 Å². The van der Waals surface area contributed by atoms with Crippen molar-refractivity contribution < 1.29 is 9.21 Å². The van der Waals surface area contributed by atoms with Gasteiger partial charge in [0, 0.05) is 11.3 Å². The molecule has 0 saturated heterocycles. The summed E-state index contributed by atoms with van der Waals surface area (Å²) in [7, 11) is 0. The number of halogens is 1. The fourth-order valence-corrected chi connectivity index (χ4v) is 2.44. The molecular formula is C18H17ClN2O2. The zero-order valence-electron chi connectivity index (χ0n) is 13.2. The Bertz CT molecular complexity index is 860. The number of benzene rings is 2. The number of hydrogen-bond acceptors (Lipinski definition) is 3. The highest BCUT2D eigenvalue weighted by Crippen LogP contribution is 2.29. The average Bonchev–Trinajstić information content (AvgIpc) is 2.92. The lowest BCUT2D eigenvalue weighted by molar-refractivity contribution is -0.113. The van der Waals surface area contributed by atoms with Crippen LogP contribution in [0.15, 0.2) is 34.7 Å². The third-order valence-electron chi connectivity index (χ3n) is 3.88. The van der Waals surface area contributed by atoms with E-state index < -0.39 is 0 Å². The second kappa shape index (κ2) is 6.05. The molecule has 1 N–H and O–H groups in total. The monoisotopic (exact) mass is 328 g/mol. The second-order valence-electron chi connectivity index (χ2n) is 5.63. The molecular weight excluding hydrogens is 312 g/mol. The van der Waals surface area contributed by atoms with Crippen molar-refractivity contribution in [3.63, 3.8) is 0 Å². The summed E-state index contributed by atoms with van der Waals surface area (Å²) >= 11 is 5.55. The fraction of sp³-hybridized carbons (Fsp3) is 0.222. The van der Waals surface area contributed by atoms with Crippen LogP contribution in [0.1, 0.15) is 16.7 Å². The van der Waals surface area contributed by atoms with Crippen molar-refractivity contribution in [2.24, 2.45) is 0 Å². The van der Waals surface area contributed by atoms with Crippen LogP contribution < -0.4 is 5.32 Å². The minimum Gasteiger partial charge on any atom is -0.436 e. The highest BCUT2D eigenvalue weighted by Gasteiger charge is 2.12. The van der Waals surface area contributed by atoms with Gasteiger partial charge in [0.25, 0.3) is 0 Å². The van der Waals surface area contributed by atoms with E-state index in [2.05, 4.69) is 17.2 Å². The topological polar surface area (TPSA) is 55.1 Å². The number of nitrogens with zero attached hydrogens (tertiary/aromatic N) is 1. The number of anilines is 1. The molecule has 1 heterocycles. The predicted molar refractivity (Wildman–Crippen MR) is 93.0 cm³/mol. The van der Waals surface area contributed by atoms with Gasteiger partial charge in [-0.25, -0.2) is 4.98 Å². The van der Waals surface area contributed by atoms with Crippen molar-refractivity contribution >= 4 is 34.3 Å². The highest BCUT2D eigenvalue weighted by molar-refractivity contribution is 6.29. The van der Waals surface area contributed by atoms with Gasteiger partial charge in [-0.15, -0.1) is 11.6 Å². The van der Waals surface area contributed by atoms with Gasteiger partial charge in [-0.05, 0) is 61.7 Å². The van der Waals surface area contributed by atoms with Gasteiger partial charge in [-0.2, -0.15) is 0 Å². The Morgan fingerprint density at radius 3 is 2.61 bits per heavy atom. The van der Waals surface area contributed by atoms with Gasteiger partial charge < -0.3 is 9.73 Å². The van der Waals surface area contributed by atoms with Gasteiger partial charge in [-0.3, -0.25) is 4.79 Å². The largest absolute Gasteiger partial charge is 0.436 e. The Morgan fingerprint density at radius 1 is 1.13 bits per heavy atom. The first-order chi connectivity index (χ1) is 11.0. The molecule has 0 fully saturated rings. The molecule has 1 amide bonds. The Morgan fingerprint density at radius 2 is 1.87 bits per heavy atom. The van der Waals surface area contributed by atoms with Crippen LogP contribution in [-0.2, 0) is 4.79 Å². The molecule has 0 atom stereocenters. The molecule has 0 spiro atoms. The zero-order chi connectivity index (χ0) is 16.6. The number of hydrogen-bond donors (Lipinski definition) is 1. The summed E-state index contributed by atoms with van der Waals surface area (Å²) in [4.78, 5) is 16.1. The summed E-state index contributed by atoms with van der Waals surface area (Å²) in [6.45, 7) is 6.02. The number of carbonyl (C=O) groups excluding carboxylic acids is 1. The molecule has 5 heteroatoms. The maximum Gasteiger partial charge on any atom is 0.239 e. The zero-order valence-corrected chi connectivity index (χ0v) is 14.0. The third kappa shape index (κ3) is 3.08. The van der Waals surface area contributed by atoms with E-state index in [0.717, 1.165) is 22.2 Å². The van der Waals surface area contributed by atoms with Gasteiger partial charge in [-0.1, -0.05) is 6.07 Å². The van der Waals surface area contributed by atoms with Gasteiger partial charge in [0.15, 0.2) is 5.58 Å². The quantitative estimate of drug-likeness (QED) is 0.715. The van der Waals surface area contributed by atoms with Crippen LogP contribution in [0.4, 0.5) is 5.69 Å². The smallest absolute Gasteiger partial charge is 0.239 e. The standard InChI is InChI=1S/C18H17ClN2O2/c1-10-4-5-13(8-14(10)20-17(22)9-19)18-21-15-6-11(2)12(3)7-16(15)23-18/h4-8H,9H2,1-3H3,(H,20,22). The first kappa shape index (κ1) is 15.6. The van der Waals surface area contributed by atoms with E-state index >= 15 is 0 Å². The summed E-state index contributed by atoms with van der Waals surface area (Å²) in [5.41, 5.74) is 6.41. The molecule has 0 unspecified atom stereocenters. The summed E-state index contributed by atoms with van der Waals surface area (Å²) in [5.74, 6) is 0.215. The molecule has 0 bridgehead atoms. The average molecular weight is 329 g/mol. The first-order valence-electron chi connectivity index (χ1n) is 7.32. The Hall–Kier alpha value is -2.33. The number of carbonyl (C=O) groups is 1. The summed E-state index contributed by atoms with van der Waals surface area (Å²) in [5, 5.41) is 2.78. The van der Waals surface area contributed by atoms with Crippen LogP contribution in [0.5, 0.6) is 0 Å². The van der Waals surface area contributed by atoms with Gasteiger partial charge in [0.1, 0.15) is 11.4 Å². The minimum atomic E-state index is -0.240. The van der Waals surface area contributed by atoms with Crippen molar-refractivity contribution in [2.75, 3.05) is 11.2 Å². The van der Waals surface area contributed by atoms with Crippen LogP contribution in [0.3, 0.4) is 0 Å². The van der Waals surface area contributed by atoms with Gasteiger partial charge in [0.05, 0.1) is 0 Å². The minimum absolute atomic E-state index is 0.0783. The molecule has 0 aliphatic carbocycles. The SMILES string of the molecule is Cc1cc2nc(-c3ccc(C)c(NC(=O)CCl)c3)oc2cc1C. The Labute approximate surface area is 139 Å². The number of oxazole rings is 1. The van der Waals surface area contributed by atoms with Gasteiger partial charge >= 0.3 is 0 Å². The molecule has 0 aliphatic heterocycles. The van der Waals surface area contributed by atoms with Crippen molar-refractivity contribution in [3.8, 4) is 11.5 Å². The molecule has 0 radical (unpaired) electrons. The van der Waals surface area contributed by atoms with Gasteiger partial charge in [0.2, 0.25) is 11.8 Å². The van der Waals surface area contributed by atoms with Crippen molar-refractivity contribution in [3.05, 3.63) is 47.0 Å². The number of fused-ring (bicyclic) bond motifs is 1. The van der Waals surface area contributed by atoms with E-state index in [9.17, 15) is 4.79 Å². The maximum atomic E-state index is 11.5. The number of amides is 1. The number of nitrogens with one attached hydrogen (secondary N) is 1. The molecule has 3 aromatic rings. The molecule has 2 aromatic carbocycles. The number of rotatable bonds is 3. The number of aromatic nitrogens is 1.